The van der Waals surface area contributed by atoms with Crippen LogP contribution in [0, 0.1) is 5.92 Å². The highest BCUT2D eigenvalue weighted by Gasteiger charge is 2.42. The molecule has 2 heterocycles. The number of hydrogen-bond donors (Lipinski definition) is 1. The fourth-order valence-corrected chi connectivity index (χ4v) is 3.48. The first-order valence-electron chi connectivity index (χ1n) is 6.67. The van der Waals surface area contributed by atoms with E-state index in [0.717, 1.165) is 12.0 Å². The Labute approximate surface area is 94.4 Å². The summed E-state index contributed by atoms with van der Waals surface area (Å²) in [5.41, 5.74) is 0.490. The number of nitrogens with one attached hydrogen (secondary N) is 1. The van der Waals surface area contributed by atoms with Gasteiger partial charge >= 0.3 is 0 Å². The van der Waals surface area contributed by atoms with Crippen molar-refractivity contribution < 1.29 is 0 Å². The zero-order valence-electron chi connectivity index (χ0n) is 10.6. The van der Waals surface area contributed by atoms with Crippen LogP contribution in [0.15, 0.2) is 0 Å². The third-order valence-electron chi connectivity index (χ3n) is 4.64. The highest BCUT2D eigenvalue weighted by Crippen LogP contribution is 2.37. The standard InChI is InChI=1S/C13H26N2/c1-4-13(7-5-8-14-13)12-6-9-15(10-12)11(2)3/h11-12,14H,4-10H2,1-3H3. The monoisotopic (exact) mass is 210 g/mol. The summed E-state index contributed by atoms with van der Waals surface area (Å²) in [7, 11) is 0. The molecule has 0 bridgehead atoms. The minimum Gasteiger partial charge on any atom is -0.311 e. The van der Waals surface area contributed by atoms with Crippen LogP contribution >= 0.6 is 0 Å². The third-order valence-corrected chi connectivity index (χ3v) is 4.64. The van der Waals surface area contributed by atoms with Gasteiger partial charge in [-0.2, -0.15) is 0 Å². The van der Waals surface area contributed by atoms with Gasteiger partial charge in [-0.3, -0.25) is 0 Å². The number of hydrogen-bond acceptors (Lipinski definition) is 2. The van der Waals surface area contributed by atoms with E-state index in [0.29, 0.717) is 5.54 Å². The van der Waals surface area contributed by atoms with Gasteiger partial charge in [-0.25, -0.2) is 0 Å². The van der Waals surface area contributed by atoms with Gasteiger partial charge in [0.15, 0.2) is 0 Å². The summed E-state index contributed by atoms with van der Waals surface area (Å²) in [6.07, 6.45) is 5.49. The van der Waals surface area contributed by atoms with Gasteiger partial charge in [-0.15, -0.1) is 0 Å². The summed E-state index contributed by atoms with van der Waals surface area (Å²) >= 11 is 0. The van der Waals surface area contributed by atoms with Gasteiger partial charge in [0, 0.05) is 18.1 Å². The maximum absolute atomic E-state index is 3.79. The van der Waals surface area contributed by atoms with Crippen molar-refractivity contribution in [3.63, 3.8) is 0 Å². The Morgan fingerprint density at radius 3 is 2.73 bits per heavy atom. The second kappa shape index (κ2) is 4.42. The summed E-state index contributed by atoms with van der Waals surface area (Å²) in [6, 6.07) is 0.727. The average molecular weight is 210 g/mol. The summed E-state index contributed by atoms with van der Waals surface area (Å²) < 4.78 is 0. The molecule has 2 atom stereocenters. The Morgan fingerprint density at radius 2 is 2.27 bits per heavy atom. The van der Waals surface area contributed by atoms with E-state index in [1.54, 1.807) is 0 Å². The predicted octanol–water partition coefficient (Wildman–Crippen LogP) is 2.25. The Bertz CT molecular complexity index is 207. The fourth-order valence-electron chi connectivity index (χ4n) is 3.48. The van der Waals surface area contributed by atoms with Gasteiger partial charge in [0.1, 0.15) is 0 Å². The van der Waals surface area contributed by atoms with Gasteiger partial charge in [0.2, 0.25) is 0 Å². The summed E-state index contributed by atoms with van der Waals surface area (Å²) in [5.74, 6) is 0.896. The fraction of sp³-hybridized carbons (Fsp3) is 1.00. The van der Waals surface area contributed by atoms with E-state index in [1.807, 2.05) is 0 Å². The van der Waals surface area contributed by atoms with E-state index in [2.05, 4.69) is 31.0 Å². The van der Waals surface area contributed by atoms with Crippen molar-refractivity contribution in [3.8, 4) is 0 Å². The number of rotatable bonds is 3. The Kier molecular flexibility index (Phi) is 3.36. The van der Waals surface area contributed by atoms with Gasteiger partial charge in [-0.05, 0) is 58.5 Å². The number of likely N-dealkylation sites (tertiary alicyclic amines) is 1. The molecule has 2 unspecified atom stereocenters. The second-order valence-electron chi connectivity index (χ2n) is 5.61. The molecule has 2 fully saturated rings. The molecule has 2 heteroatoms. The number of nitrogens with zero attached hydrogens (tertiary/aromatic N) is 1. The molecule has 0 aromatic rings. The largest absolute Gasteiger partial charge is 0.311 e. The van der Waals surface area contributed by atoms with Gasteiger partial charge in [0.05, 0.1) is 0 Å². The van der Waals surface area contributed by atoms with Gasteiger partial charge < -0.3 is 10.2 Å². The molecule has 15 heavy (non-hydrogen) atoms. The van der Waals surface area contributed by atoms with Crippen LogP contribution in [0.2, 0.25) is 0 Å². The third kappa shape index (κ3) is 2.07. The first kappa shape index (κ1) is 11.4. The molecule has 0 aromatic heterocycles. The van der Waals surface area contributed by atoms with E-state index in [1.165, 1.54) is 45.3 Å². The topological polar surface area (TPSA) is 15.3 Å². The van der Waals surface area contributed by atoms with Crippen LogP contribution < -0.4 is 5.32 Å². The van der Waals surface area contributed by atoms with Crippen LogP contribution in [-0.2, 0) is 0 Å². The molecule has 1 N–H and O–H groups in total. The van der Waals surface area contributed by atoms with Crippen LogP contribution in [0.4, 0.5) is 0 Å². The van der Waals surface area contributed by atoms with Crippen molar-refractivity contribution in [3.05, 3.63) is 0 Å². The second-order valence-corrected chi connectivity index (χ2v) is 5.61. The van der Waals surface area contributed by atoms with Crippen LogP contribution in [-0.4, -0.2) is 36.1 Å². The Hall–Kier alpha value is -0.0800. The van der Waals surface area contributed by atoms with Crippen molar-refractivity contribution in [2.75, 3.05) is 19.6 Å². The first-order valence-corrected chi connectivity index (χ1v) is 6.67. The highest BCUT2D eigenvalue weighted by molar-refractivity contribution is 5.01. The molecule has 0 saturated carbocycles. The molecular formula is C13H26N2. The molecule has 2 nitrogen and oxygen atoms in total. The quantitative estimate of drug-likeness (QED) is 0.768. The minimum atomic E-state index is 0.490. The molecule has 0 amide bonds. The zero-order valence-corrected chi connectivity index (χ0v) is 10.6. The van der Waals surface area contributed by atoms with Gasteiger partial charge in [-0.1, -0.05) is 6.92 Å². The molecule has 88 valence electrons. The first-order chi connectivity index (χ1) is 7.18. The predicted molar refractivity (Wildman–Crippen MR) is 65.1 cm³/mol. The smallest absolute Gasteiger partial charge is 0.0220 e. The van der Waals surface area contributed by atoms with Crippen LogP contribution in [0.3, 0.4) is 0 Å². The lowest BCUT2D eigenvalue weighted by Crippen LogP contribution is -2.47. The maximum atomic E-state index is 3.79. The lowest BCUT2D eigenvalue weighted by Gasteiger charge is -2.35. The van der Waals surface area contributed by atoms with Crippen molar-refractivity contribution in [2.45, 2.75) is 58.0 Å². The van der Waals surface area contributed by atoms with E-state index in [-0.39, 0.29) is 0 Å². The highest BCUT2D eigenvalue weighted by atomic mass is 15.2. The molecule has 0 aromatic carbocycles. The molecule has 0 aliphatic carbocycles. The SMILES string of the molecule is CCC1(C2CCN(C(C)C)C2)CCCN1. The van der Waals surface area contributed by atoms with Crippen molar-refractivity contribution in [1.29, 1.82) is 0 Å². The summed E-state index contributed by atoms with van der Waals surface area (Å²) in [4.78, 5) is 2.64. The van der Waals surface area contributed by atoms with Crippen molar-refractivity contribution >= 4 is 0 Å². The molecule has 0 spiro atoms. The lowest BCUT2D eigenvalue weighted by molar-refractivity contribution is 0.203. The Balaban J connectivity index is 1.99. The zero-order chi connectivity index (χ0) is 10.9. The molecule has 0 radical (unpaired) electrons. The Morgan fingerprint density at radius 1 is 1.47 bits per heavy atom. The van der Waals surface area contributed by atoms with Crippen molar-refractivity contribution in [1.82, 2.24) is 10.2 Å². The molecule has 2 aliphatic heterocycles. The maximum Gasteiger partial charge on any atom is 0.0220 e. The molecule has 2 aliphatic rings. The van der Waals surface area contributed by atoms with Crippen LogP contribution in [0.1, 0.15) is 46.5 Å². The van der Waals surface area contributed by atoms with E-state index in [4.69, 9.17) is 0 Å². The van der Waals surface area contributed by atoms with Gasteiger partial charge in [0.25, 0.3) is 0 Å². The molecule has 2 rings (SSSR count). The molecular weight excluding hydrogens is 184 g/mol. The van der Waals surface area contributed by atoms with E-state index < -0.39 is 0 Å². The van der Waals surface area contributed by atoms with Crippen LogP contribution in [0.5, 0.6) is 0 Å². The minimum absolute atomic E-state index is 0.490. The normalized spacial score (nSPS) is 38.0. The molecule has 2 saturated heterocycles. The lowest BCUT2D eigenvalue weighted by atomic mass is 9.80. The van der Waals surface area contributed by atoms with E-state index in [9.17, 15) is 0 Å². The van der Waals surface area contributed by atoms with E-state index >= 15 is 0 Å². The average Bonchev–Trinajstić information content (AvgIpc) is 2.87. The van der Waals surface area contributed by atoms with Crippen molar-refractivity contribution in [2.24, 2.45) is 5.92 Å². The van der Waals surface area contributed by atoms with Crippen LogP contribution in [0.25, 0.3) is 0 Å². The summed E-state index contributed by atoms with van der Waals surface area (Å²) in [6.45, 7) is 10.9. The summed E-state index contributed by atoms with van der Waals surface area (Å²) in [5, 5.41) is 3.79.